The van der Waals surface area contributed by atoms with Crippen molar-refractivity contribution in [3.8, 4) is 0 Å². The molecular formula is C10H10Br3NO4S. The summed E-state index contributed by atoms with van der Waals surface area (Å²) in [7, 11) is -2.50. The summed E-state index contributed by atoms with van der Waals surface area (Å²) >= 11 is 8.84. The first-order chi connectivity index (χ1) is 8.63. The standard InChI is InChI=1S/C10H10Br3NO4S/c1-14(6-15)9(16)7-4-2-3-5-8(7)19(17,18)10(11,12)13/h2-5,15H,6H2,1H3. The lowest BCUT2D eigenvalue weighted by molar-refractivity contribution is 0.0626. The monoisotopic (exact) mass is 477 g/mol. The highest BCUT2D eigenvalue weighted by Crippen LogP contribution is 2.44. The van der Waals surface area contributed by atoms with Crippen LogP contribution in [-0.2, 0) is 9.84 Å². The van der Waals surface area contributed by atoms with E-state index in [1.165, 1.54) is 25.2 Å². The molecule has 19 heavy (non-hydrogen) atoms. The minimum absolute atomic E-state index is 0.0122. The number of hydrogen-bond donors (Lipinski definition) is 1. The van der Waals surface area contributed by atoms with Gasteiger partial charge in [0.1, 0.15) is 6.73 Å². The maximum atomic E-state index is 12.3. The van der Waals surface area contributed by atoms with Crippen LogP contribution in [0.25, 0.3) is 0 Å². The van der Waals surface area contributed by atoms with E-state index in [1.54, 1.807) is 6.07 Å². The van der Waals surface area contributed by atoms with E-state index in [0.717, 1.165) is 4.90 Å². The van der Waals surface area contributed by atoms with Gasteiger partial charge in [0.15, 0.2) is 0 Å². The van der Waals surface area contributed by atoms with Crippen LogP contribution in [0.15, 0.2) is 29.2 Å². The van der Waals surface area contributed by atoms with E-state index in [9.17, 15) is 13.2 Å². The van der Waals surface area contributed by atoms with Crippen molar-refractivity contribution in [3.63, 3.8) is 0 Å². The third-order valence-electron chi connectivity index (χ3n) is 2.27. The first-order valence-corrected chi connectivity index (χ1v) is 8.76. The van der Waals surface area contributed by atoms with E-state index < -0.39 is 24.0 Å². The van der Waals surface area contributed by atoms with Crippen molar-refractivity contribution in [1.29, 1.82) is 0 Å². The van der Waals surface area contributed by atoms with Crippen LogP contribution >= 0.6 is 47.8 Å². The van der Waals surface area contributed by atoms with Gasteiger partial charge in [0.25, 0.3) is 5.91 Å². The van der Waals surface area contributed by atoms with Crippen molar-refractivity contribution in [3.05, 3.63) is 29.8 Å². The van der Waals surface area contributed by atoms with Gasteiger partial charge in [-0.3, -0.25) is 4.79 Å². The van der Waals surface area contributed by atoms with Crippen LogP contribution in [0, 0.1) is 0 Å². The molecule has 106 valence electrons. The van der Waals surface area contributed by atoms with Gasteiger partial charge in [-0.25, -0.2) is 8.42 Å². The Hall–Kier alpha value is 0.0400. The summed E-state index contributed by atoms with van der Waals surface area (Å²) in [4.78, 5) is 12.9. The molecule has 1 rings (SSSR count). The molecule has 1 aromatic carbocycles. The van der Waals surface area contributed by atoms with Crippen molar-refractivity contribution in [2.45, 2.75) is 6.37 Å². The Balaban J connectivity index is 3.45. The number of sulfone groups is 1. The van der Waals surface area contributed by atoms with Crippen molar-refractivity contribution >= 4 is 63.5 Å². The molecule has 1 aromatic rings. The number of halogens is 3. The van der Waals surface area contributed by atoms with Gasteiger partial charge >= 0.3 is 0 Å². The number of aliphatic hydroxyl groups excluding tert-OH is 1. The number of carbonyl (C=O) groups excluding carboxylic acids is 1. The summed E-state index contributed by atoms with van der Waals surface area (Å²) in [6, 6.07) is 5.78. The Kier molecular flexibility index (Phi) is 5.59. The van der Waals surface area contributed by atoms with Gasteiger partial charge in [0.2, 0.25) is 11.3 Å². The molecule has 0 bridgehead atoms. The molecule has 0 radical (unpaired) electrons. The molecule has 0 aliphatic carbocycles. The Morgan fingerprint density at radius 2 is 1.84 bits per heavy atom. The Morgan fingerprint density at radius 1 is 1.32 bits per heavy atom. The zero-order valence-electron chi connectivity index (χ0n) is 9.68. The molecule has 0 fully saturated rings. The summed E-state index contributed by atoms with van der Waals surface area (Å²) in [5.74, 6) is -0.585. The number of rotatable bonds is 3. The van der Waals surface area contributed by atoms with Crippen molar-refractivity contribution in [2.24, 2.45) is 0 Å². The number of carbonyl (C=O) groups is 1. The molecule has 0 aliphatic rings. The summed E-state index contributed by atoms with van der Waals surface area (Å²) in [6.07, 6.45) is 0. The molecule has 9 heteroatoms. The van der Waals surface area contributed by atoms with Crippen LogP contribution in [0.5, 0.6) is 0 Å². The highest BCUT2D eigenvalue weighted by atomic mass is 80.0. The molecule has 0 aliphatic heterocycles. The minimum atomic E-state index is -3.87. The first kappa shape index (κ1) is 17.1. The van der Waals surface area contributed by atoms with E-state index in [-0.39, 0.29) is 10.5 Å². The topological polar surface area (TPSA) is 74.7 Å². The van der Waals surface area contributed by atoms with E-state index >= 15 is 0 Å². The van der Waals surface area contributed by atoms with Crippen molar-refractivity contribution in [1.82, 2.24) is 4.90 Å². The lowest BCUT2D eigenvalue weighted by atomic mass is 10.2. The smallest absolute Gasteiger partial charge is 0.256 e. The van der Waals surface area contributed by atoms with E-state index in [2.05, 4.69) is 47.8 Å². The van der Waals surface area contributed by atoms with Crippen LogP contribution in [0.1, 0.15) is 10.4 Å². The van der Waals surface area contributed by atoms with Crippen LogP contribution in [0.4, 0.5) is 0 Å². The second-order valence-corrected chi connectivity index (χ2v) is 14.0. The minimum Gasteiger partial charge on any atom is -0.376 e. The Bertz CT molecular complexity index is 583. The summed E-state index contributed by atoms with van der Waals surface area (Å²) in [5, 5.41) is 8.95. The number of nitrogens with zero attached hydrogens (tertiary/aromatic N) is 1. The third-order valence-corrected chi connectivity index (χ3v) is 7.65. The van der Waals surface area contributed by atoms with Crippen molar-refractivity contribution < 1.29 is 18.3 Å². The maximum Gasteiger partial charge on any atom is 0.256 e. The first-order valence-electron chi connectivity index (χ1n) is 4.89. The summed E-state index contributed by atoms with van der Waals surface area (Å²) in [5.41, 5.74) is -0.0122. The predicted molar refractivity (Wildman–Crippen MR) is 82.3 cm³/mol. The maximum absolute atomic E-state index is 12.3. The molecule has 1 N–H and O–H groups in total. The number of amides is 1. The SMILES string of the molecule is CN(CO)C(=O)c1ccccc1S(=O)(=O)C(Br)(Br)Br. The molecule has 5 nitrogen and oxygen atoms in total. The van der Waals surface area contributed by atoms with Gasteiger partial charge in [-0.05, 0) is 59.9 Å². The van der Waals surface area contributed by atoms with E-state index in [0.29, 0.717) is 0 Å². The zero-order valence-corrected chi connectivity index (χ0v) is 15.3. The fourth-order valence-corrected chi connectivity index (χ4v) is 3.79. The second-order valence-electron chi connectivity index (χ2n) is 3.59. The Labute approximate surface area is 136 Å². The van der Waals surface area contributed by atoms with Gasteiger partial charge in [-0.15, -0.1) is 0 Å². The normalized spacial score (nSPS) is 12.3. The largest absolute Gasteiger partial charge is 0.376 e. The summed E-state index contributed by atoms with van der Waals surface area (Å²) in [6.45, 7) is -0.505. The third kappa shape index (κ3) is 3.57. The average molecular weight is 480 g/mol. The molecule has 0 unspecified atom stereocenters. The van der Waals surface area contributed by atoms with Crippen LogP contribution in [0.3, 0.4) is 0 Å². The van der Waals surface area contributed by atoms with E-state index in [1.807, 2.05) is 0 Å². The van der Waals surface area contributed by atoms with E-state index in [4.69, 9.17) is 5.11 Å². The van der Waals surface area contributed by atoms with Gasteiger partial charge in [-0.2, -0.15) is 0 Å². The van der Waals surface area contributed by atoms with Gasteiger partial charge in [-0.1, -0.05) is 12.1 Å². The molecule has 0 atom stereocenters. The summed E-state index contributed by atoms with van der Waals surface area (Å²) < 4.78 is 23.1. The average Bonchev–Trinajstić information content (AvgIpc) is 2.35. The van der Waals surface area contributed by atoms with Gasteiger partial charge < -0.3 is 10.0 Å². The highest BCUT2D eigenvalue weighted by Gasteiger charge is 2.39. The van der Waals surface area contributed by atoms with Crippen LogP contribution in [-0.4, -0.2) is 39.6 Å². The fraction of sp³-hybridized carbons (Fsp3) is 0.300. The molecule has 0 aromatic heterocycles. The molecule has 0 spiro atoms. The van der Waals surface area contributed by atoms with Gasteiger partial charge in [0.05, 0.1) is 10.5 Å². The fourth-order valence-electron chi connectivity index (χ4n) is 1.27. The molecule has 0 saturated heterocycles. The van der Waals surface area contributed by atoms with Crippen LogP contribution < -0.4 is 0 Å². The number of alkyl halides is 3. The van der Waals surface area contributed by atoms with Gasteiger partial charge in [0, 0.05) is 7.05 Å². The highest BCUT2D eigenvalue weighted by molar-refractivity contribution is 9.42. The number of benzene rings is 1. The predicted octanol–water partition coefficient (Wildman–Crippen LogP) is 2.28. The lowest BCUT2D eigenvalue weighted by Crippen LogP contribution is -2.30. The lowest BCUT2D eigenvalue weighted by Gasteiger charge is -2.19. The molecule has 0 saturated carbocycles. The number of hydrogen-bond acceptors (Lipinski definition) is 4. The quantitative estimate of drug-likeness (QED) is 0.533. The number of aliphatic hydroxyl groups is 1. The molecular weight excluding hydrogens is 470 g/mol. The molecule has 1 amide bonds. The zero-order chi connectivity index (χ0) is 14.8. The van der Waals surface area contributed by atoms with Crippen molar-refractivity contribution in [2.75, 3.05) is 13.8 Å². The second kappa shape index (κ2) is 6.21. The van der Waals surface area contributed by atoms with Crippen LogP contribution in [0.2, 0.25) is 0 Å². The Morgan fingerprint density at radius 3 is 2.32 bits per heavy atom. The molecule has 0 heterocycles.